The third-order valence-electron chi connectivity index (χ3n) is 4.44. The van der Waals surface area contributed by atoms with Crippen molar-refractivity contribution in [3.05, 3.63) is 18.0 Å². The predicted octanol–water partition coefficient (Wildman–Crippen LogP) is 2.40. The van der Waals surface area contributed by atoms with Crippen LogP contribution in [0.5, 0.6) is 0 Å². The predicted molar refractivity (Wildman–Crippen MR) is 81.7 cm³/mol. The number of rotatable bonds is 7. The molecule has 0 aromatic carbocycles. The van der Waals surface area contributed by atoms with Crippen LogP contribution in [-0.4, -0.2) is 36.1 Å². The van der Waals surface area contributed by atoms with Crippen molar-refractivity contribution in [1.82, 2.24) is 15.1 Å². The Balaban J connectivity index is 1.90. The molecule has 0 atom stereocenters. The van der Waals surface area contributed by atoms with E-state index in [2.05, 4.69) is 30.3 Å². The van der Waals surface area contributed by atoms with Gasteiger partial charge in [0.25, 0.3) is 0 Å². The second kappa shape index (κ2) is 7.23. The molecule has 0 bridgehead atoms. The lowest BCUT2D eigenvalue weighted by atomic mass is 9.76. The van der Waals surface area contributed by atoms with Crippen LogP contribution in [0.3, 0.4) is 0 Å². The summed E-state index contributed by atoms with van der Waals surface area (Å²) in [5.74, 6) is 0.712. The minimum absolute atomic E-state index is 0.400. The highest BCUT2D eigenvalue weighted by Gasteiger charge is 2.32. The Morgan fingerprint density at radius 1 is 1.40 bits per heavy atom. The molecule has 4 heteroatoms. The average Bonchev–Trinajstić information content (AvgIpc) is 2.83. The molecule has 0 unspecified atom stereocenters. The number of aromatic nitrogens is 2. The first kappa shape index (κ1) is 15.5. The second-order valence-corrected chi connectivity index (χ2v) is 6.58. The fourth-order valence-corrected chi connectivity index (χ4v) is 2.99. The summed E-state index contributed by atoms with van der Waals surface area (Å²) in [5, 5.41) is 7.93. The number of nitrogens with zero attached hydrogens (tertiary/aromatic N) is 2. The van der Waals surface area contributed by atoms with E-state index in [9.17, 15) is 0 Å². The molecule has 1 aliphatic heterocycles. The maximum absolute atomic E-state index is 5.57. The lowest BCUT2D eigenvalue weighted by molar-refractivity contribution is 0.0101. The van der Waals surface area contributed by atoms with E-state index in [4.69, 9.17) is 4.74 Å². The van der Waals surface area contributed by atoms with Crippen LogP contribution >= 0.6 is 0 Å². The maximum Gasteiger partial charge on any atom is 0.0492 e. The van der Waals surface area contributed by atoms with Crippen molar-refractivity contribution >= 4 is 0 Å². The molecule has 114 valence electrons. The van der Waals surface area contributed by atoms with Gasteiger partial charge in [-0.15, -0.1) is 0 Å². The van der Waals surface area contributed by atoms with Gasteiger partial charge in [-0.05, 0) is 49.6 Å². The van der Waals surface area contributed by atoms with Gasteiger partial charge in [-0.25, -0.2) is 0 Å². The lowest BCUT2D eigenvalue weighted by Crippen LogP contribution is -2.40. The number of ether oxygens (including phenoxy) is 1. The molecule has 0 aliphatic carbocycles. The Labute approximate surface area is 122 Å². The van der Waals surface area contributed by atoms with Gasteiger partial charge in [0.1, 0.15) is 0 Å². The van der Waals surface area contributed by atoms with Gasteiger partial charge < -0.3 is 10.1 Å². The highest BCUT2D eigenvalue weighted by molar-refractivity contribution is 5.01. The zero-order valence-electron chi connectivity index (χ0n) is 13.2. The van der Waals surface area contributed by atoms with Gasteiger partial charge in [0.2, 0.25) is 0 Å². The van der Waals surface area contributed by atoms with Crippen LogP contribution in [0.1, 0.15) is 38.8 Å². The van der Waals surface area contributed by atoms with Gasteiger partial charge in [0.05, 0.1) is 0 Å². The molecule has 1 fully saturated rings. The monoisotopic (exact) mass is 279 g/mol. The molecule has 1 N–H and O–H groups in total. The van der Waals surface area contributed by atoms with Crippen LogP contribution in [0.4, 0.5) is 0 Å². The first-order valence-electron chi connectivity index (χ1n) is 7.87. The van der Waals surface area contributed by atoms with Gasteiger partial charge in [-0.3, -0.25) is 4.68 Å². The van der Waals surface area contributed by atoms with E-state index in [1.54, 1.807) is 0 Å². The fraction of sp³-hybridized carbons (Fsp3) is 0.812. The van der Waals surface area contributed by atoms with Crippen molar-refractivity contribution in [2.24, 2.45) is 18.4 Å². The summed E-state index contributed by atoms with van der Waals surface area (Å²) in [6.07, 6.45) is 6.58. The normalized spacial score (nSPS) is 18.6. The quantitative estimate of drug-likeness (QED) is 0.833. The molecule has 1 aromatic rings. The molecule has 1 aromatic heterocycles. The van der Waals surface area contributed by atoms with Crippen LogP contribution in [0.2, 0.25) is 0 Å². The Morgan fingerprint density at radius 3 is 2.75 bits per heavy atom. The Morgan fingerprint density at radius 2 is 2.15 bits per heavy atom. The van der Waals surface area contributed by atoms with Crippen LogP contribution < -0.4 is 5.32 Å². The summed E-state index contributed by atoms with van der Waals surface area (Å²) in [4.78, 5) is 0. The Bertz CT molecular complexity index is 394. The molecule has 0 radical (unpaired) electrons. The van der Waals surface area contributed by atoms with Gasteiger partial charge in [-0.2, -0.15) is 5.10 Å². The molecule has 1 saturated heterocycles. The summed E-state index contributed by atoms with van der Waals surface area (Å²) in [5.41, 5.74) is 1.73. The van der Waals surface area contributed by atoms with Crippen molar-refractivity contribution in [2.45, 2.75) is 39.5 Å². The van der Waals surface area contributed by atoms with E-state index < -0.39 is 0 Å². The minimum atomic E-state index is 0.400. The summed E-state index contributed by atoms with van der Waals surface area (Å²) in [6.45, 7) is 8.57. The van der Waals surface area contributed by atoms with E-state index in [1.807, 2.05) is 17.9 Å². The fourth-order valence-electron chi connectivity index (χ4n) is 2.99. The van der Waals surface area contributed by atoms with Crippen molar-refractivity contribution < 1.29 is 4.74 Å². The van der Waals surface area contributed by atoms with E-state index in [0.29, 0.717) is 11.3 Å². The molecule has 2 heterocycles. The molecule has 4 nitrogen and oxygen atoms in total. The van der Waals surface area contributed by atoms with Crippen molar-refractivity contribution in [1.29, 1.82) is 0 Å². The van der Waals surface area contributed by atoms with Crippen LogP contribution in [0.15, 0.2) is 12.3 Å². The SMILES string of the molecule is CC(C)CNCC1(CCc2ccnn2C)CCOCC1. The van der Waals surface area contributed by atoms with Gasteiger partial charge in [0, 0.05) is 38.7 Å². The van der Waals surface area contributed by atoms with Crippen molar-refractivity contribution in [3.63, 3.8) is 0 Å². The molecular weight excluding hydrogens is 250 g/mol. The highest BCUT2D eigenvalue weighted by atomic mass is 16.5. The Kier molecular flexibility index (Phi) is 5.61. The number of hydrogen-bond donors (Lipinski definition) is 1. The molecule has 1 aliphatic rings. The smallest absolute Gasteiger partial charge is 0.0492 e. The van der Waals surface area contributed by atoms with E-state index in [0.717, 1.165) is 32.7 Å². The molecule has 0 amide bonds. The maximum atomic E-state index is 5.57. The number of aryl methyl sites for hydroxylation is 2. The average molecular weight is 279 g/mol. The lowest BCUT2D eigenvalue weighted by Gasteiger charge is -2.38. The van der Waals surface area contributed by atoms with Crippen LogP contribution in [-0.2, 0) is 18.2 Å². The molecule has 2 rings (SSSR count). The van der Waals surface area contributed by atoms with Crippen molar-refractivity contribution in [2.75, 3.05) is 26.3 Å². The largest absolute Gasteiger partial charge is 0.381 e. The third kappa shape index (κ3) is 4.32. The molecule has 20 heavy (non-hydrogen) atoms. The zero-order valence-corrected chi connectivity index (χ0v) is 13.2. The second-order valence-electron chi connectivity index (χ2n) is 6.58. The summed E-state index contributed by atoms with van der Waals surface area (Å²) >= 11 is 0. The summed E-state index contributed by atoms with van der Waals surface area (Å²) < 4.78 is 7.56. The van der Waals surface area contributed by atoms with Gasteiger partial charge in [0.15, 0.2) is 0 Å². The third-order valence-corrected chi connectivity index (χ3v) is 4.44. The van der Waals surface area contributed by atoms with Gasteiger partial charge in [-0.1, -0.05) is 13.8 Å². The summed E-state index contributed by atoms with van der Waals surface area (Å²) in [6, 6.07) is 2.13. The first-order chi connectivity index (χ1) is 9.61. The van der Waals surface area contributed by atoms with Gasteiger partial charge >= 0.3 is 0 Å². The molecule has 0 saturated carbocycles. The molecular formula is C16H29N3O. The zero-order chi connectivity index (χ0) is 14.4. The van der Waals surface area contributed by atoms with E-state index in [-0.39, 0.29) is 0 Å². The topological polar surface area (TPSA) is 39.1 Å². The number of nitrogens with one attached hydrogen (secondary N) is 1. The number of hydrogen-bond acceptors (Lipinski definition) is 3. The standard InChI is InChI=1S/C16H29N3O/c1-14(2)12-17-13-16(7-10-20-11-8-16)6-4-15-5-9-18-19(15)3/h5,9,14,17H,4,6-8,10-13H2,1-3H3. The van der Waals surface area contributed by atoms with E-state index >= 15 is 0 Å². The highest BCUT2D eigenvalue weighted by Crippen LogP contribution is 2.34. The molecule has 0 spiro atoms. The first-order valence-corrected chi connectivity index (χ1v) is 7.87. The van der Waals surface area contributed by atoms with Crippen molar-refractivity contribution in [3.8, 4) is 0 Å². The van der Waals surface area contributed by atoms with Crippen LogP contribution in [0, 0.1) is 11.3 Å². The van der Waals surface area contributed by atoms with Crippen LogP contribution in [0.25, 0.3) is 0 Å². The minimum Gasteiger partial charge on any atom is -0.381 e. The summed E-state index contributed by atoms with van der Waals surface area (Å²) in [7, 11) is 2.03. The van der Waals surface area contributed by atoms with E-state index in [1.165, 1.54) is 25.0 Å². The Hall–Kier alpha value is -0.870.